The van der Waals surface area contributed by atoms with Crippen molar-refractivity contribution in [3.8, 4) is 0 Å². The second kappa shape index (κ2) is 6.40. The van der Waals surface area contributed by atoms with Crippen molar-refractivity contribution in [3.63, 3.8) is 0 Å². The summed E-state index contributed by atoms with van der Waals surface area (Å²) in [4.78, 5) is 26.9. The molecule has 0 aromatic heterocycles. The van der Waals surface area contributed by atoms with Gasteiger partial charge in [-0.25, -0.2) is 4.79 Å². The van der Waals surface area contributed by atoms with E-state index in [9.17, 15) is 9.59 Å². The fraction of sp³-hybridized carbons (Fsp3) is 0.474. The molecule has 1 N–H and O–H groups in total. The van der Waals surface area contributed by atoms with Crippen LogP contribution in [0.3, 0.4) is 0 Å². The van der Waals surface area contributed by atoms with Crippen molar-refractivity contribution in [1.29, 1.82) is 0 Å². The average Bonchev–Trinajstić information content (AvgIpc) is 2.81. The van der Waals surface area contributed by atoms with Gasteiger partial charge in [0.15, 0.2) is 5.54 Å². The molecule has 0 bridgehead atoms. The topological polar surface area (TPSA) is 58.6 Å². The maximum Gasteiger partial charge on any atom is 0.338 e. The van der Waals surface area contributed by atoms with E-state index in [4.69, 9.17) is 4.74 Å². The maximum atomic E-state index is 12.9. The molecular weight excluding hydrogens is 304 g/mol. The Morgan fingerprint density at radius 3 is 2.42 bits per heavy atom. The highest BCUT2D eigenvalue weighted by Gasteiger charge is 2.55. The lowest BCUT2D eigenvalue weighted by atomic mass is 9.90. The summed E-state index contributed by atoms with van der Waals surface area (Å²) >= 11 is 0. The van der Waals surface area contributed by atoms with Gasteiger partial charge in [0, 0.05) is 7.05 Å². The zero-order valence-corrected chi connectivity index (χ0v) is 15.0. The van der Waals surface area contributed by atoms with Crippen LogP contribution in [-0.4, -0.2) is 41.6 Å². The molecule has 1 heterocycles. The Hall–Kier alpha value is -2.14. The van der Waals surface area contributed by atoms with Gasteiger partial charge < -0.3 is 9.64 Å². The molecule has 1 saturated heterocycles. The number of ether oxygens (including phenoxy) is 1. The molecule has 1 fully saturated rings. The molecule has 24 heavy (non-hydrogen) atoms. The first-order chi connectivity index (χ1) is 11.1. The molecule has 0 aliphatic carbocycles. The molecule has 0 spiro atoms. The number of amides is 1. The summed E-state index contributed by atoms with van der Waals surface area (Å²) in [6.45, 7) is 11.7. The minimum atomic E-state index is -1.13. The van der Waals surface area contributed by atoms with E-state index in [1.54, 1.807) is 49.2 Å². The molecule has 1 aromatic carbocycles. The Bertz CT molecular complexity index is 636. The molecule has 130 valence electrons. The fourth-order valence-corrected chi connectivity index (χ4v) is 3.09. The molecule has 2 rings (SSSR count). The van der Waals surface area contributed by atoms with Gasteiger partial charge in [-0.3, -0.25) is 10.1 Å². The van der Waals surface area contributed by atoms with Crippen molar-refractivity contribution in [1.82, 2.24) is 10.2 Å². The molecule has 5 nitrogen and oxygen atoms in total. The van der Waals surface area contributed by atoms with Crippen molar-refractivity contribution in [2.75, 3.05) is 7.05 Å². The normalized spacial score (nSPS) is 25.5. The van der Waals surface area contributed by atoms with Crippen LogP contribution >= 0.6 is 0 Å². The van der Waals surface area contributed by atoms with E-state index in [2.05, 4.69) is 11.9 Å². The van der Waals surface area contributed by atoms with Gasteiger partial charge >= 0.3 is 5.97 Å². The molecule has 1 aromatic rings. The number of hydrogen-bond donors (Lipinski definition) is 1. The van der Waals surface area contributed by atoms with E-state index in [1.807, 2.05) is 26.8 Å². The molecule has 3 atom stereocenters. The lowest BCUT2D eigenvalue weighted by Gasteiger charge is -2.33. The molecule has 1 aliphatic heterocycles. The third-order valence-electron chi connectivity index (χ3n) is 4.51. The van der Waals surface area contributed by atoms with E-state index < -0.39 is 17.6 Å². The van der Waals surface area contributed by atoms with Gasteiger partial charge in [-0.05, 0) is 24.5 Å². The summed E-state index contributed by atoms with van der Waals surface area (Å²) in [7, 11) is 1.75. The number of benzene rings is 1. The number of carbonyl (C=O) groups excluding carboxylic acids is 2. The SMILES string of the molecule is C=C[C@@]1(C(C)OC(=O)c2ccccc2)N[C@@H](C(C)(C)C)N(C)C1=O. The summed E-state index contributed by atoms with van der Waals surface area (Å²) in [5, 5.41) is 3.33. The third-order valence-corrected chi connectivity index (χ3v) is 4.51. The van der Waals surface area contributed by atoms with Gasteiger partial charge in [-0.1, -0.05) is 45.0 Å². The van der Waals surface area contributed by atoms with Crippen LogP contribution in [0.1, 0.15) is 38.1 Å². The maximum absolute atomic E-state index is 12.9. The van der Waals surface area contributed by atoms with Crippen LogP contribution in [0.15, 0.2) is 43.0 Å². The highest BCUT2D eigenvalue weighted by atomic mass is 16.5. The lowest BCUT2D eigenvalue weighted by molar-refractivity contribution is -0.134. The number of carbonyl (C=O) groups is 2. The largest absolute Gasteiger partial charge is 0.456 e. The highest BCUT2D eigenvalue weighted by molar-refractivity contribution is 5.93. The van der Waals surface area contributed by atoms with Crippen molar-refractivity contribution in [2.45, 2.75) is 45.5 Å². The van der Waals surface area contributed by atoms with Crippen LogP contribution in [0.5, 0.6) is 0 Å². The third kappa shape index (κ3) is 3.08. The van der Waals surface area contributed by atoms with Crippen LogP contribution in [0.25, 0.3) is 0 Å². The molecule has 1 amide bonds. The minimum absolute atomic E-state index is 0.147. The van der Waals surface area contributed by atoms with Crippen LogP contribution < -0.4 is 5.32 Å². The Morgan fingerprint density at radius 2 is 1.96 bits per heavy atom. The standard InChI is InChI=1S/C19H26N2O3/c1-7-19(17(23)21(6)16(20-19)18(3,4)5)13(2)24-15(22)14-11-9-8-10-12-14/h7-13,16,20H,1H2,2-6H3/t13?,16-,19+/m1/s1. The van der Waals surface area contributed by atoms with E-state index in [0.717, 1.165) is 0 Å². The van der Waals surface area contributed by atoms with Gasteiger partial charge in [0.05, 0.1) is 11.7 Å². The number of likely N-dealkylation sites (N-methyl/N-ethyl adjacent to an activating group) is 1. The Labute approximate surface area is 143 Å². The number of nitrogens with one attached hydrogen (secondary N) is 1. The smallest absolute Gasteiger partial charge is 0.338 e. The van der Waals surface area contributed by atoms with Crippen LogP contribution in [0.2, 0.25) is 0 Å². The van der Waals surface area contributed by atoms with Crippen molar-refractivity contribution in [2.24, 2.45) is 5.41 Å². The number of nitrogens with zero attached hydrogens (tertiary/aromatic N) is 1. The second-order valence-electron chi connectivity index (χ2n) is 7.32. The predicted octanol–water partition coefficient (Wildman–Crippen LogP) is 2.59. The van der Waals surface area contributed by atoms with Gasteiger partial charge in [0.25, 0.3) is 5.91 Å². The van der Waals surface area contributed by atoms with Crippen LogP contribution in [0.4, 0.5) is 0 Å². The molecule has 0 saturated carbocycles. The van der Waals surface area contributed by atoms with E-state index >= 15 is 0 Å². The first-order valence-electron chi connectivity index (χ1n) is 8.08. The molecule has 1 unspecified atom stereocenters. The first kappa shape index (κ1) is 18.2. The summed E-state index contributed by atoms with van der Waals surface area (Å²) in [6, 6.07) is 8.74. The molecular formula is C19H26N2O3. The monoisotopic (exact) mass is 330 g/mol. The van der Waals surface area contributed by atoms with Gasteiger partial charge in [-0.2, -0.15) is 0 Å². The zero-order chi connectivity index (χ0) is 18.1. The highest BCUT2D eigenvalue weighted by Crippen LogP contribution is 2.34. The Kier molecular flexibility index (Phi) is 4.85. The van der Waals surface area contributed by atoms with Gasteiger partial charge in [0.1, 0.15) is 6.10 Å². The second-order valence-corrected chi connectivity index (χ2v) is 7.32. The van der Waals surface area contributed by atoms with E-state index in [1.165, 1.54) is 0 Å². The van der Waals surface area contributed by atoms with Gasteiger partial charge in [0.2, 0.25) is 0 Å². The number of rotatable bonds is 4. The van der Waals surface area contributed by atoms with Gasteiger partial charge in [-0.15, -0.1) is 6.58 Å². The summed E-state index contributed by atoms with van der Waals surface area (Å²) in [6.07, 6.45) is 0.673. The summed E-state index contributed by atoms with van der Waals surface area (Å²) in [5.74, 6) is -0.605. The lowest BCUT2D eigenvalue weighted by Crippen LogP contribution is -2.56. The molecule has 5 heteroatoms. The number of esters is 1. The Balaban J connectivity index is 2.25. The predicted molar refractivity (Wildman–Crippen MR) is 93.4 cm³/mol. The Morgan fingerprint density at radius 1 is 1.38 bits per heavy atom. The quantitative estimate of drug-likeness (QED) is 0.681. The van der Waals surface area contributed by atoms with Crippen molar-refractivity contribution in [3.05, 3.63) is 48.6 Å². The van der Waals surface area contributed by atoms with E-state index in [0.29, 0.717) is 5.56 Å². The van der Waals surface area contributed by atoms with Crippen molar-refractivity contribution < 1.29 is 14.3 Å². The zero-order valence-electron chi connectivity index (χ0n) is 15.0. The number of hydrogen-bond acceptors (Lipinski definition) is 4. The van der Waals surface area contributed by atoms with Crippen LogP contribution in [0, 0.1) is 5.41 Å². The van der Waals surface area contributed by atoms with Crippen molar-refractivity contribution >= 4 is 11.9 Å². The minimum Gasteiger partial charge on any atom is -0.456 e. The molecule has 1 aliphatic rings. The summed E-state index contributed by atoms with van der Waals surface area (Å²) in [5.41, 5.74) is -0.843. The first-order valence-corrected chi connectivity index (χ1v) is 8.08. The average molecular weight is 330 g/mol. The molecule has 0 radical (unpaired) electrons. The fourth-order valence-electron chi connectivity index (χ4n) is 3.09. The summed E-state index contributed by atoms with van der Waals surface area (Å²) < 4.78 is 5.57. The van der Waals surface area contributed by atoms with Crippen LogP contribution in [-0.2, 0) is 9.53 Å². The van der Waals surface area contributed by atoms with E-state index in [-0.39, 0.29) is 17.5 Å².